The molecule has 2 nitrogen and oxygen atoms in total. The predicted octanol–water partition coefficient (Wildman–Crippen LogP) is 4.78. The molecule has 0 saturated heterocycles. The first-order valence-corrected chi connectivity index (χ1v) is 7.60. The molecule has 0 saturated carbocycles. The minimum atomic E-state index is -0.0202. The maximum absolute atomic E-state index is 11.4. The van der Waals surface area contributed by atoms with Gasteiger partial charge < -0.3 is 4.74 Å². The summed E-state index contributed by atoms with van der Waals surface area (Å²) in [6, 6.07) is 0. The van der Waals surface area contributed by atoms with Gasteiger partial charge in [-0.1, -0.05) is 50.2 Å². The maximum atomic E-state index is 11.4. The van der Waals surface area contributed by atoms with Crippen molar-refractivity contribution in [2.45, 2.75) is 77.6 Å². The number of hydrogen-bond donors (Lipinski definition) is 0. The minimum absolute atomic E-state index is 0.0202. The van der Waals surface area contributed by atoms with Crippen LogP contribution in [0.2, 0.25) is 0 Å². The lowest BCUT2D eigenvalue weighted by molar-refractivity contribution is -0.143. The van der Waals surface area contributed by atoms with E-state index in [1.54, 1.807) is 0 Å². The Balaban J connectivity index is 2.28. The van der Waals surface area contributed by atoms with Crippen molar-refractivity contribution in [1.82, 2.24) is 0 Å². The summed E-state index contributed by atoms with van der Waals surface area (Å²) < 4.78 is 5.21. The summed E-state index contributed by atoms with van der Waals surface area (Å²) in [4.78, 5) is 11.4. The summed E-state index contributed by atoms with van der Waals surface area (Å²) in [5.41, 5.74) is 1.44. The number of carbonyl (C=O) groups excluding carboxylic acids is 1. The fourth-order valence-corrected chi connectivity index (χ4v) is 2.39. The molecule has 0 N–H and O–H groups in total. The van der Waals surface area contributed by atoms with Gasteiger partial charge in [0.1, 0.15) is 0 Å². The fourth-order valence-electron chi connectivity index (χ4n) is 2.39. The molecule has 0 spiro atoms. The van der Waals surface area contributed by atoms with Crippen LogP contribution in [0.15, 0.2) is 11.6 Å². The number of cyclic esters (lactones) is 1. The van der Waals surface area contributed by atoms with Gasteiger partial charge in [0.05, 0.1) is 6.61 Å². The van der Waals surface area contributed by atoms with Gasteiger partial charge in [-0.15, -0.1) is 0 Å². The summed E-state index contributed by atoms with van der Waals surface area (Å²) in [5, 5.41) is 0. The molecule has 1 heterocycles. The van der Waals surface area contributed by atoms with Crippen molar-refractivity contribution in [3.8, 4) is 0 Å². The van der Waals surface area contributed by atoms with Gasteiger partial charge in [-0.05, 0) is 32.6 Å². The van der Waals surface area contributed by atoms with E-state index in [2.05, 4.69) is 13.0 Å². The summed E-state index contributed by atoms with van der Waals surface area (Å²) in [7, 11) is 0. The third kappa shape index (κ3) is 8.32. The molecule has 0 amide bonds. The van der Waals surface area contributed by atoms with Crippen molar-refractivity contribution in [2.75, 3.05) is 6.61 Å². The Morgan fingerprint density at radius 3 is 2.11 bits per heavy atom. The van der Waals surface area contributed by atoms with Crippen LogP contribution in [0.1, 0.15) is 77.6 Å². The summed E-state index contributed by atoms with van der Waals surface area (Å²) in [6.07, 6.45) is 15.1. The second kappa shape index (κ2) is 10.2. The highest BCUT2D eigenvalue weighted by molar-refractivity contribution is 5.69. The topological polar surface area (TPSA) is 26.3 Å². The summed E-state index contributed by atoms with van der Waals surface area (Å²) in [6.45, 7) is 2.74. The Labute approximate surface area is 112 Å². The van der Waals surface area contributed by atoms with Crippen molar-refractivity contribution < 1.29 is 9.53 Å². The lowest BCUT2D eigenvalue weighted by Gasteiger charge is -2.06. The smallest absolute Gasteiger partial charge is 0.305 e. The van der Waals surface area contributed by atoms with Crippen LogP contribution in [0.4, 0.5) is 0 Å². The molecule has 0 aromatic carbocycles. The monoisotopic (exact) mass is 252 g/mol. The molecule has 18 heavy (non-hydrogen) atoms. The van der Waals surface area contributed by atoms with Crippen LogP contribution < -0.4 is 0 Å². The third-order valence-corrected chi connectivity index (χ3v) is 3.58. The van der Waals surface area contributed by atoms with Crippen LogP contribution >= 0.6 is 0 Å². The molecular formula is C16H28O2. The van der Waals surface area contributed by atoms with E-state index in [0.29, 0.717) is 13.0 Å². The quantitative estimate of drug-likeness (QED) is 0.458. The normalized spacial score (nSPS) is 22.1. The van der Waals surface area contributed by atoms with Gasteiger partial charge >= 0.3 is 5.97 Å². The first-order chi connectivity index (χ1) is 8.79. The van der Waals surface area contributed by atoms with Gasteiger partial charge in [-0.25, -0.2) is 0 Å². The van der Waals surface area contributed by atoms with Crippen LogP contribution in [-0.2, 0) is 9.53 Å². The third-order valence-electron chi connectivity index (χ3n) is 3.58. The zero-order valence-electron chi connectivity index (χ0n) is 11.9. The predicted molar refractivity (Wildman–Crippen MR) is 75.5 cm³/mol. The van der Waals surface area contributed by atoms with Crippen LogP contribution in [0, 0.1) is 0 Å². The second-order valence-electron chi connectivity index (χ2n) is 5.39. The van der Waals surface area contributed by atoms with E-state index in [1.807, 2.05) is 0 Å². The van der Waals surface area contributed by atoms with E-state index < -0.39 is 0 Å². The van der Waals surface area contributed by atoms with Crippen molar-refractivity contribution >= 4 is 5.97 Å². The number of hydrogen-bond acceptors (Lipinski definition) is 2. The van der Waals surface area contributed by atoms with E-state index in [-0.39, 0.29) is 5.97 Å². The van der Waals surface area contributed by atoms with E-state index in [9.17, 15) is 4.79 Å². The summed E-state index contributed by atoms with van der Waals surface area (Å²) in [5.74, 6) is -0.0202. The second-order valence-corrected chi connectivity index (χ2v) is 5.39. The Kier molecular flexibility index (Phi) is 8.62. The number of esters is 1. The molecule has 0 radical (unpaired) electrons. The standard InChI is InChI=1S/C16H28O2/c1-15-11-8-6-4-2-3-5-7-9-13-16(17)18-14-10-12-15/h12H,2-11,13-14H2,1H3. The SMILES string of the molecule is CC1=CCCOC(=O)CCCCCCCCCC1. The molecule has 0 unspecified atom stereocenters. The van der Waals surface area contributed by atoms with Gasteiger partial charge in [0.2, 0.25) is 0 Å². The average Bonchev–Trinajstić information content (AvgIpc) is 2.35. The molecule has 0 bridgehead atoms. The first-order valence-electron chi connectivity index (χ1n) is 7.60. The fraction of sp³-hybridized carbons (Fsp3) is 0.812. The molecule has 1 aliphatic rings. The molecule has 0 aliphatic carbocycles. The molecule has 104 valence electrons. The number of rotatable bonds is 0. The highest BCUT2D eigenvalue weighted by Gasteiger charge is 2.02. The Morgan fingerprint density at radius 1 is 0.889 bits per heavy atom. The zero-order valence-corrected chi connectivity index (χ0v) is 11.9. The van der Waals surface area contributed by atoms with Crippen LogP contribution in [0.25, 0.3) is 0 Å². The largest absolute Gasteiger partial charge is 0.465 e. The van der Waals surface area contributed by atoms with Crippen molar-refractivity contribution in [1.29, 1.82) is 0 Å². The van der Waals surface area contributed by atoms with E-state index in [4.69, 9.17) is 4.74 Å². The Morgan fingerprint density at radius 2 is 1.44 bits per heavy atom. The van der Waals surface area contributed by atoms with Crippen LogP contribution in [-0.4, -0.2) is 12.6 Å². The molecule has 1 aliphatic heterocycles. The molecule has 0 aromatic rings. The lowest BCUT2D eigenvalue weighted by atomic mass is 10.0. The minimum Gasteiger partial charge on any atom is -0.465 e. The first kappa shape index (κ1) is 15.3. The van der Waals surface area contributed by atoms with Crippen molar-refractivity contribution in [3.63, 3.8) is 0 Å². The van der Waals surface area contributed by atoms with Crippen LogP contribution in [0.3, 0.4) is 0 Å². The molecule has 0 fully saturated rings. The Bertz CT molecular complexity index is 256. The van der Waals surface area contributed by atoms with Gasteiger partial charge in [0.25, 0.3) is 0 Å². The summed E-state index contributed by atoms with van der Waals surface area (Å²) >= 11 is 0. The van der Waals surface area contributed by atoms with Gasteiger partial charge in [-0.2, -0.15) is 0 Å². The lowest BCUT2D eigenvalue weighted by Crippen LogP contribution is -2.05. The van der Waals surface area contributed by atoms with E-state index in [0.717, 1.165) is 12.8 Å². The number of allylic oxidation sites excluding steroid dienone is 1. The average molecular weight is 252 g/mol. The van der Waals surface area contributed by atoms with E-state index in [1.165, 1.54) is 56.9 Å². The molecule has 2 heteroatoms. The van der Waals surface area contributed by atoms with E-state index >= 15 is 0 Å². The molecule has 0 aromatic heterocycles. The van der Waals surface area contributed by atoms with Gasteiger partial charge in [-0.3, -0.25) is 4.79 Å². The number of ether oxygens (including phenoxy) is 1. The van der Waals surface area contributed by atoms with Crippen molar-refractivity contribution in [2.24, 2.45) is 0 Å². The molecule has 0 atom stereocenters. The molecular weight excluding hydrogens is 224 g/mol. The number of carbonyl (C=O) groups is 1. The highest BCUT2D eigenvalue weighted by Crippen LogP contribution is 2.14. The maximum Gasteiger partial charge on any atom is 0.305 e. The zero-order chi connectivity index (χ0) is 13.1. The van der Waals surface area contributed by atoms with Gasteiger partial charge in [0, 0.05) is 6.42 Å². The highest BCUT2D eigenvalue weighted by atomic mass is 16.5. The molecule has 1 rings (SSSR count). The van der Waals surface area contributed by atoms with Gasteiger partial charge in [0.15, 0.2) is 0 Å². The van der Waals surface area contributed by atoms with Crippen molar-refractivity contribution in [3.05, 3.63) is 11.6 Å². The van der Waals surface area contributed by atoms with Crippen LogP contribution in [0.5, 0.6) is 0 Å². The Hall–Kier alpha value is -0.790.